The van der Waals surface area contributed by atoms with Gasteiger partial charge in [-0.1, -0.05) is 30.0 Å². The molecule has 4 rings (SSSR count). The molecule has 2 aromatic carbocycles. The molecule has 0 bridgehead atoms. The van der Waals surface area contributed by atoms with Crippen molar-refractivity contribution in [1.82, 2.24) is 9.97 Å². The summed E-state index contributed by atoms with van der Waals surface area (Å²) in [6, 6.07) is 13.0. The fourth-order valence-corrected chi connectivity index (χ4v) is 4.93. The maximum absolute atomic E-state index is 12.5. The highest BCUT2D eigenvalue weighted by atomic mass is 32.2. The highest BCUT2D eigenvalue weighted by Gasteiger charge is 2.15. The summed E-state index contributed by atoms with van der Waals surface area (Å²) in [6.45, 7) is 4.48. The third-order valence-electron chi connectivity index (χ3n) is 4.58. The number of thioether (sulfide) groups is 1. The summed E-state index contributed by atoms with van der Waals surface area (Å²) in [7, 11) is 0. The Morgan fingerprint density at radius 1 is 1.19 bits per heavy atom. The number of carbonyl (C=O) groups is 1. The summed E-state index contributed by atoms with van der Waals surface area (Å²) in [4.78, 5) is 22.2. The van der Waals surface area contributed by atoms with Crippen LogP contribution in [0.15, 0.2) is 59.2 Å². The van der Waals surface area contributed by atoms with Gasteiger partial charge >= 0.3 is 0 Å². The molecule has 4 aromatic rings. The molecule has 0 atom stereocenters. The van der Waals surface area contributed by atoms with E-state index in [0.717, 1.165) is 37.7 Å². The van der Waals surface area contributed by atoms with Gasteiger partial charge < -0.3 is 15.2 Å². The second-order valence-electron chi connectivity index (χ2n) is 6.82. The molecule has 1 amide bonds. The van der Waals surface area contributed by atoms with Crippen molar-refractivity contribution >= 4 is 44.9 Å². The number of phenolic OH excluding ortho intramolecular Hbond substituents is 1. The number of thiophene rings is 1. The van der Waals surface area contributed by atoms with Gasteiger partial charge in [0.1, 0.15) is 27.7 Å². The van der Waals surface area contributed by atoms with Gasteiger partial charge in [-0.2, -0.15) is 0 Å². The molecule has 0 saturated heterocycles. The van der Waals surface area contributed by atoms with Crippen LogP contribution in [0.25, 0.3) is 21.3 Å². The van der Waals surface area contributed by atoms with Crippen molar-refractivity contribution in [2.24, 2.45) is 0 Å². The minimum atomic E-state index is -0.212. The van der Waals surface area contributed by atoms with Crippen molar-refractivity contribution < 1.29 is 14.6 Å². The number of aromatic nitrogens is 2. The zero-order chi connectivity index (χ0) is 21.8. The number of aryl methyl sites for hydroxylation is 1. The average molecular weight is 452 g/mol. The fourth-order valence-electron chi connectivity index (χ4n) is 3.14. The number of aromatic hydroxyl groups is 1. The first-order valence-corrected chi connectivity index (χ1v) is 11.6. The third kappa shape index (κ3) is 4.81. The van der Waals surface area contributed by atoms with E-state index < -0.39 is 0 Å². The summed E-state index contributed by atoms with van der Waals surface area (Å²) >= 11 is 2.90. The largest absolute Gasteiger partial charge is 0.506 e. The molecule has 0 saturated carbocycles. The van der Waals surface area contributed by atoms with Gasteiger partial charge in [0.05, 0.1) is 23.4 Å². The standard InChI is InChI=1S/C23H21N3O3S2/c1-3-29-16-7-5-15(6-8-16)17-11-30-22-21(17)23(25-13-24-22)31-12-20(28)26-18-10-14(2)4-9-19(18)27/h4-11,13,27H,3,12H2,1-2H3,(H,26,28). The Labute approximate surface area is 188 Å². The van der Waals surface area contributed by atoms with Crippen molar-refractivity contribution in [2.45, 2.75) is 18.9 Å². The second kappa shape index (κ2) is 9.36. The number of ether oxygens (including phenoxy) is 1. The number of carbonyl (C=O) groups excluding carboxylic acids is 1. The number of rotatable bonds is 7. The molecule has 0 fully saturated rings. The van der Waals surface area contributed by atoms with Gasteiger partial charge in [-0.3, -0.25) is 4.79 Å². The summed E-state index contributed by atoms with van der Waals surface area (Å²) in [5.74, 6) is 0.824. The molecule has 158 valence electrons. The molecule has 2 N–H and O–H groups in total. The van der Waals surface area contributed by atoms with E-state index in [1.54, 1.807) is 29.5 Å². The maximum Gasteiger partial charge on any atom is 0.234 e. The van der Waals surface area contributed by atoms with E-state index in [9.17, 15) is 9.90 Å². The molecule has 6 nitrogen and oxygen atoms in total. The Kier molecular flexibility index (Phi) is 6.39. The van der Waals surface area contributed by atoms with E-state index >= 15 is 0 Å². The Balaban J connectivity index is 1.55. The van der Waals surface area contributed by atoms with Crippen LogP contribution in [-0.4, -0.2) is 33.3 Å². The molecular weight excluding hydrogens is 430 g/mol. The van der Waals surface area contributed by atoms with Gasteiger partial charge in [0.15, 0.2) is 0 Å². The van der Waals surface area contributed by atoms with Crippen LogP contribution in [0.2, 0.25) is 0 Å². The Morgan fingerprint density at radius 2 is 2.00 bits per heavy atom. The van der Waals surface area contributed by atoms with Gasteiger partial charge in [-0.25, -0.2) is 9.97 Å². The monoisotopic (exact) mass is 451 g/mol. The van der Waals surface area contributed by atoms with Crippen molar-refractivity contribution in [3.63, 3.8) is 0 Å². The molecule has 31 heavy (non-hydrogen) atoms. The first-order chi connectivity index (χ1) is 15.0. The van der Waals surface area contributed by atoms with Gasteiger partial charge in [-0.05, 0) is 49.2 Å². The van der Waals surface area contributed by atoms with Crippen LogP contribution in [0.3, 0.4) is 0 Å². The number of hydrogen-bond donors (Lipinski definition) is 2. The van der Waals surface area contributed by atoms with E-state index in [1.165, 1.54) is 18.1 Å². The Morgan fingerprint density at radius 3 is 2.77 bits per heavy atom. The highest BCUT2D eigenvalue weighted by molar-refractivity contribution is 8.00. The number of fused-ring (bicyclic) bond motifs is 1. The molecule has 0 radical (unpaired) electrons. The molecule has 0 aliphatic carbocycles. The van der Waals surface area contributed by atoms with Crippen LogP contribution >= 0.6 is 23.1 Å². The molecule has 2 heterocycles. The lowest BCUT2D eigenvalue weighted by molar-refractivity contribution is -0.113. The quantitative estimate of drug-likeness (QED) is 0.219. The smallest absolute Gasteiger partial charge is 0.234 e. The van der Waals surface area contributed by atoms with Gasteiger partial charge in [-0.15, -0.1) is 11.3 Å². The topological polar surface area (TPSA) is 84.3 Å². The number of benzene rings is 2. The number of anilines is 1. The number of amides is 1. The van der Waals surface area contributed by atoms with Crippen LogP contribution in [0, 0.1) is 6.92 Å². The molecule has 0 aliphatic heterocycles. The molecule has 0 spiro atoms. The molecular formula is C23H21N3O3S2. The molecule has 0 unspecified atom stereocenters. The maximum atomic E-state index is 12.5. The fraction of sp³-hybridized carbons (Fsp3) is 0.174. The summed E-state index contributed by atoms with van der Waals surface area (Å²) in [5, 5.41) is 16.5. The van der Waals surface area contributed by atoms with Gasteiger partial charge in [0, 0.05) is 10.9 Å². The first kappa shape index (κ1) is 21.1. The second-order valence-corrected chi connectivity index (χ2v) is 8.65. The van der Waals surface area contributed by atoms with Crippen LogP contribution < -0.4 is 10.1 Å². The van der Waals surface area contributed by atoms with Gasteiger partial charge in [0.2, 0.25) is 5.91 Å². The minimum Gasteiger partial charge on any atom is -0.506 e. The number of nitrogens with one attached hydrogen (secondary N) is 1. The summed E-state index contributed by atoms with van der Waals surface area (Å²) in [6.07, 6.45) is 1.52. The summed E-state index contributed by atoms with van der Waals surface area (Å²) in [5.41, 5.74) is 3.43. The normalized spacial score (nSPS) is 10.9. The predicted molar refractivity (Wildman–Crippen MR) is 126 cm³/mol. The highest BCUT2D eigenvalue weighted by Crippen LogP contribution is 2.38. The van der Waals surface area contributed by atoms with Crippen molar-refractivity contribution in [3.8, 4) is 22.6 Å². The van der Waals surface area contributed by atoms with Crippen LogP contribution in [0.5, 0.6) is 11.5 Å². The van der Waals surface area contributed by atoms with Crippen LogP contribution in [-0.2, 0) is 4.79 Å². The number of phenols is 1. The minimum absolute atomic E-state index is 0.0454. The average Bonchev–Trinajstić information content (AvgIpc) is 3.20. The van der Waals surface area contributed by atoms with Crippen LogP contribution in [0.1, 0.15) is 12.5 Å². The van der Waals surface area contributed by atoms with Gasteiger partial charge in [0.25, 0.3) is 0 Å². The lowest BCUT2D eigenvalue weighted by Gasteiger charge is -2.09. The van der Waals surface area contributed by atoms with E-state index in [1.807, 2.05) is 38.1 Å². The lowest BCUT2D eigenvalue weighted by atomic mass is 10.1. The summed E-state index contributed by atoms with van der Waals surface area (Å²) < 4.78 is 5.53. The Bertz CT molecular complexity index is 1220. The van der Waals surface area contributed by atoms with E-state index in [-0.39, 0.29) is 17.4 Å². The zero-order valence-electron chi connectivity index (χ0n) is 17.1. The van der Waals surface area contributed by atoms with E-state index in [4.69, 9.17) is 4.74 Å². The Hall–Kier alpha value is -3.10. The van der Waals surface area contributed by atoms with Crippen molar-refractivity contribution in [3.05, 3.63) is 59.7 Å². The third-order valence-corrected chi connectivity index (χ3v) is 6.45. The SMILES string of the molecule is CCOc1ccc(-c2csc3ncnc(SCC(=O)Nc4cc(C)ccc4O)c23)cc1. The molecule has 8 heteroatoms. The first-order valence-electron chi connectivity index (χ1n) is 9.73. The molecule has 2 aromatic heterocycles. The predicted octanol–water partition coefficient (Wildman–Crippen LogP) is 5.50. The van der Waals surface area contributed by atoms with E-state index in [2.05, 4.69) is 20.7 Å². The van der Waals surface area contributed by atoms with Crippen molar-refractivity contribution in [1.29, 1.82) is 0 Å². The number of hydrogen-bond acceptors (Lipinski definition) is 7. The zero-order valence-corrected chi connectivity index (χ0v) is 18.7. The lowest BCUT2D eigenvalue weighted by Crippen LogP contribution is -2.14. The molecule has 0 aliphatic rings. The van der Waals surface area contributed by atoms with E-state index in [0.29, 0.717) is 12.3 Å². The van der Waals surface area contributed by atoms with Crippen molar-refractivity contribution in [2.75, 3.05) is 17.7 Å². The van der Waals surface area contributed by atoms with Crippen LogP contribution in [0.4, 0.5) is 5.69 Å². The number of nitrogens with zero attached hydrogens (tertiary/aromatic N) is 2.